The molecule has 1 aliphatic heterocycles. The largest absolute Gasteiger partial charge is 0.427 e. The first-order valence-corrected chi connectivity index (χ1v) is 8.57. The standard InChI is InChI=1S/C20H21FN2O3/c1-13(24)26-15-8-6-14(7-9-15)12-22-18-10-11-19(25)23-20(18)16-4-2-3-5-17(16)21/h2-9,18,20,22H,10-12H2,1H3,(H,23,25)/t18-,20+/m1/s1. The highest BCUT2D eigenvalue weighted by Gasteiger charge is 2.31. The van der Waals surface area contributed by atoms with E-state index in [-0.39, 0.29) is 23.7 Å². The maximum atomic E-state index is 14.2. The molecule has 3 rings (SSSR count). The second-order valence-corrected chi connectivity index (χ2v) is 6.33. The molecule has 1 aliphatic rings. The number of hydrogen-bond acceptors (Lipinski definition) is 4. The van der Waals surface area contributed by atoms with E-state index >= 15 is 0 Å². The minimum Gasteiger partial charge on any atom is -0.427 e. The molecular weight excluding hydrogens is 335 g/mol. The predicted octanol–water partition coefficient (Wildman–Crippen LogP) is 2.86. The van der Waals surface area contributed by atoms with E-state index in [4.69, 9.17) is 4.74 Å². The quantitative estimate of drug-likeness (QED) is 0.639. The van der Waals surface area contributed by atoms with Crippen molar-refractivity contribution >= 4 is 11.9 Å². The Morgan fingerprint density at radius 1 is 1.23 bits per heavy atom. The van der Waals surface area contributed by atoms with Crippen LogP contribution in [0.4, 0.5) is 4.39 Å². The fourth-order valence-corrected chi connectivity index (χ4v) is 3.13. The van der Waals surface area contributed by atoms with Crippen LogP contribution in [0, 0.1) is 5.82 Å². The lowest BCUT2D eigenvalue weighted by Crippen LogP contribution is -2.48. The number of hydrogen-bond donors (Lipinski definition) is 2. The van der Waals surface area contributed by atoms with Gasteiger partial charge in [-0.2, -0.15) is 0 Å². The van der Waals surface area contributed by atoms with Gasteiger partial charge in [0.1, 0.15) is 11.6 Å². The Labute approximate surface area is 151 Å². The second-order valence-electron chi connectivity index (χ2n) is 6.33. The molecule has 1 fully saturated rings. The summed E-state index contributed by atoms with van der Waals surface area (Å²) in [5, 5.41) is 6.30. The summed E-state index contributed by atoms with van der Waals surface area (Å²) in [7, 11) is 0. The molecule has 5 nitrogen and oxygen atoms in total. The Hall–Kier alpha value is -2.73. The van der Waals surface area contributed by atoms with E-state index in [0.29, 0.717) is 30.7 Å². The third-order valence-corrected chi connectivity index (χ3v) is 4.39. The average molecular weight is 356 g/mol. The van der Waals surface area contributed by atoms with Crippen molar-refractivity contribution in [3.63, 3.8) is 0 Å². The van der Waals surface area contributed by atoms with Crippen LogP contribution in [-0.2, 0) is 16.1 Å². The van der Waals surface area contributed by atoms with Gasteiger partial charge in [0.25, 0.3) is 0 Å². The van der Waals surface area contributed by atoms with E-state index in [9.17, 15) is 14.0 Å². The number of nitrogens with one attached hydrogen (secondary N) is 2. The zero-order valence-electron chi connectivity index (χ0n) is 14.5. The Morgan fingerprint density at radius 2 is 1.96 bits per heavy atom. The number of carbonyl (C=O) groups excluding carboxylic acids is 2. The summed E-state index contributed by atoms with van der Waals surface area (Å²) >= 11 is 0. The van der Waals surface area contributed by atoms with Gasteiger partial charge in [-0.3, -0.25) is 9.59 Å². The van der Waals surface area contributed by atoms with Crippen LogP contribution < -0.4 is 15.4 Å². The summed E-state index contributed by atoms with van der Waals surface area (Å²) in [5.74, 6) is -0.253. The molecule has 26 heavy (non-hydrogen) atoms. The van der Waals surface area contributed by atoms with E-state index in [2.05, 4.69) is 10.6 Å². The van der Waals surface area contributed by atoms with Crippen molar-refractivity contribution in [2.75, 3.05) is 0 Å². The molecule has 2 aromatic carbocycles. The van der Waals surface area contributed by atoms with Gasteiger partial charge in [-0.05, 0) is 30.2 Å². The smallest absolute Gasteiger partial charge is 0.308 e. The summed E-state index contributed by atoms with van der Waals surface area (Å²) in [5.41, 5.74) is 1.49. The lowest BCUT2D eigenvalue weighted by molar-refractivity contribution is -0.132. The molecule has 1 amide bonds. The van der Waals surface area contributed by atoms with Crippen LogP contribution in [0.25, 0.3) is 0 Å². The minimum atomic E-state index is -0.405. The molecule has 0 saturated carbocycles. The Bertz CT molecular complexity index is 792. The number of carbonyl (C=O) groups is 2. The SMILES string of the molecule is CC(=O)Oc1ccc(CN[C@@H]2CCC(=O)N[C@H]2c2ccccc2F)cc1. The number of piperidine rings is 1. The summed E-state index contributed by atoms with van der Waals surface area (Å²) < 4.78 is 19.2. The molecule has 136 valence electrons. The first-order chi connectivity index (χ1) is 12.5. The van der Waals surface area contributed by atoms with E-state index in [0.717, 1.165) is 5.56 Å². The van der Waals surface area contributed by atoms with Crippen molar-refractivity contribution in [2.24, 2.45) is 0 Å². The van der Waals surface area contributed by atoms with Crippen LogP contribution in [-0.4, -0.2) is 17.9 Å². The van der Waals surface area contributed by atoms with Crippen molar-refractivity contribution < 1.29 is 18.7 Å². The highest BCUT2D eigenvalue weighted by molar-refractivity contribution is 5.77. The summed E-state index contributed by atoms with van der Waals surface area (Å²) in [6, 6.07) is 13.2. The first kappa shape index (κ1) is 18.1. The maximum absolute atomic E-state index is 14.2. The molecule has 0 unspecified atom stereocenters. The molecule has 1 saturated heterocycles. The van der Waals surface area contributed by atoms with Crippen LogP contribution in [0.3, 0.4) is 0 Å². The van der Waals surface area contributed by atoms with Crippen molar-refractivity contribution in [1.29, 1.82) is 0 Å². The molecule has 0 spiro atoms. The van der Waals surface area contributed by atoms with E-state index in [1.165, 1.54) is 13.0 Å². The Balaban J connectivity index is 1.68. The lowest BCUT2D eigenvalue weighted by Gasteiger charge is -2.33. The molecule has 6 heteroatoms. The molecule has 0 radical (unpaired) electrons. The zero-order valence-corrected chi connectivity index (χ0v) is 14.5. The zero-order chi connectivity index (χ0) is 18.5. The van der Waals surface area contributed by atoms with Gasteiger partial charge in [-0.25, -0.2) is 4.39 Å². The normalized spacial score (nSPS) is 19.7. The van der Waals surface area contributed by atoms with E-state index < -0.39 is 6.04 Å². The number of amides is 1. The van der Waals surface area contributed by atoms with Crippen molar-refractivity contribution in [2.45, 2.75) is 38.4 Å². The number of ether oxygens (including phenoxy) is 1. The van der Waals surface area contributed by atoms with Crippen LogP contribution >= 0.6 is 0 Å². The summed E-state index contributed by atoms with van der Waals surface area (Å²) in [6.45, 7) is 1.92. The number of esters is 1. The summed E-state index contributed by atoms with van der Waals surface area (Å²) in [4.78, 5) is 22.8. The van der Waals surface area contributed by atoms with Gasteiger partial charge in [-0.15, -0.1) is 0 Å². The van der Waals surface area contributed by atoms with Gasteiger partial charge < -0.3 is 15.4 Å². The predicted molar refractivity (Wildman–Crippen MR) is 94.9 cm³/mol. The van der Waals surface area contributed by atoms with Crippen molar-refractivity contribution in [3.8, 4) is 5.75 Å². The summed E-state index contributed by atoms with van der Waals surface area (Å²) in [6.07, 6.45) is 1.05. The highest BCUT2D eigenvalue weighted by Crippen LogP contribution is 2.26. The maximum Gasteiger partial charge on any atom is 0.308 e. The molecule has 2 atom stereocenters. The van der Waals surface area contributed by atoms with Gasteiger partial charge >= 0.3 is 5.97 Å². The van der Waals surface area contributed by atoms with Gasteiger partial charge in [-0.1, -0.05) is 30.3 Å². The van der Waals surface area contributed by atoms with Gasteiger partial charge in [0.2, 0.25) is 5.91 Å². The molecule has 2 N–H and O–H groups in total. The van der Waals surface area contributed by atoms with Crippen LogP contribution in [0.15, 0.2) is 48.5 Å². The highest BCUT2D eigenvalue weighted by atomic mass is 19.1. The van der Waals surface area contributed by atoms with Crippen LogP contribution in [0.2, 0.25) is 0 Å². The lowest BCUT2D eigenvalue weighted by atomic mass is 9.91. The molecule has 1 heterocycles. The third-order valence-electron chi connectivity index (χ3n) is 4.39. The Morgan fingerprint density at radius 3 is 2.65 bits per heavy atom. The fourth-order valence-electron chi connectivity index (χ4n) is 3.13. The van der Waals surface area contributed by atoms with Crippen LogP contribution in [0.1, 0.15) is 36.9 Å². The Kier molecular flexibility index (Phi) is 5.63. The number of benzene rings is 2. The van der Waals surface area contributed by atoms with Crippen LogP contribution in [0.5, 0.6) is 5.75 Å². The van der Waals surface area contributed by atoms with E-state index in [1.807, 2.05) is 12.1 Å². The third kappa shape index (κ3) is 4.46. The average Bonchev–Trinajstić information content (AvgIpc) is 2.62. The molecule has 0 aromatic heterocycles. The van der Waals surface area contributed by atoms with Crippen molar-refractivity contribution in [3.05, 3.63) is 65.5 Å². The molecule has 2 aromatic rings. The van der Waals surface area contributed by atoms with E-state index in [1.54, 1.807) is 30.3 Å². The van der Waals surface area contributed by atoms with Gasteiger partial charge in [0.05, 0.1) is 6.04 Å². The molecule has 0 aliphatic carbocycles. The monoisotopic (exact) mass is 356 g/mol. The molecular formula is C20H21FN2O3. The minimum absolute atomic E-state index is 0.0676. The van der Waals surface area contributed by atoms with Gasteiger partial charge in [0, 0.05) is 31.5 Å². The fraction of sp³-hybridized carbons (Fsp3) is 0.300. The molecule has 0 bridgehead atoms. The number of halogens is 1. The van der Waals surface area contributed by atoms with Gasteiger partial charge in [0.15, 0.2) is 0 Å². The first-order valence-electron chi connectivity index (χ1n) is 8.57. The topological polar surface area (TPSA) is 67.4 Å². The second kappa shape index (κ2) is 8.10. The number of rotatable bonds is 5. The van der Waals surface area contributed by atoms with Crippen molar-refractivity contribution in [1.82, 2.24) is 10.6 Å².